The fraction of sp³-hybridized carbons (Fsp3) is 0.357. The molecule has 4 aromatic rings. The van der Waals surface area contributed by atoms with Crippen LogP contribution in [0.5, 0.6) is 5.75 Å². The van der Waals surface area contributed by atoms with E-state index in [0.29, 0.717) is 39.2 Å². The smallest absolute Gasteiger partial charge is 0.342 e. The number of rotatable bonds is 5. The van der Waals surface area contributed by atoms with Crippen molar-refractivity contribution in [2.75, 3.05) is 19.7 Å². The van der Waals surface area contributed by atoms with Crippen LogP contribution >= 0.6 is 0 Å². The number of aromatic nitrogens is 1. The van der Waals surface area contributed by atoms with Gasteiger partial charge in [0, 0.05) is 34.1 Å². The molecule has 1 unspecified atom stereocenters. The van der Waals surface area contributed by atoms with Crippen LogP contribution in [0.1, 0.15) is 60.0 Å². The van der Waals surface area contributed by atoms with Crippen LogP contribution in [-0.2, 0) is 4.74 Å². The summed E-state index contributed by atoms with van der Waals surface area (Å²) in [6.07, 6.45) is 5.70. The molecular formula is C28H30N2O4. The van der Waals surface area contributed by atoms with E-state index in [2.05, 4.69) is 16.8 Å². The van der Waals surface area contributed by atoms with Crippen molar-refractivity contribution in [3.05, 3.63) is 71.2 Å². The van der Waals surface area contributed by atoms with Gasteiger partial charge in [0.05, 0.1) is 12.6 Å². The van der Waals surface area contributed by atoms with Gasteiger partial charge in [-0.3, -0.25) is 9.88 Å². The van der Waals surface area contributed by atoms with Gasteiger partial charge in [-0.2, -0.15) is 0 Å². The normalized spacial score (nSPS) is 16.2. The molecule has 2 aromatic carbocycles. The van der Waals surface area contributed by atoms with Crippen molar-refractivity contribution in [1.29, 1.82) is 0 Å². The minimum atomic E-state index is -0.435. The number of pyridine rings is 1. The quantitative estimate of drug-likeness (QED) is 0.370. The van der Waals surface area contributed by atoms with Gasteiger partial charge in [-0.05, 0) is 63.4 Å². The summed E-state index contributed by atoms with van der Waals surface area (Å²) in [6, 6.07) is 11.4. The summed E-state index contributed by atoms with van der Waals surface area (Å²) in [6.45, 7) is 7.91. The summed E-state index contributed by atoms with van der Waals surface area (Å²) in [5.41, 5.74) is 2.70. The first-order valence-electron chi connectivity index (χ1n) is 12.0. The van der Waals surface area contributed by atoms with Crippen LogP contribution in [0.25, 0.3) is 21.7 Å². The number of phenols is 1. The van der Waals surface area contributed by atoms with E-state index in [9.17, 15) is 9.90 Å². The van der Waals surface area contributed by atoms with Gasteiger partial charge in [0.2, 0.25) is 0 Å². The molecule has 5 rings (SSSR count). The molecule has 0 amide bonds. The van der Waals surface area contributed by atoms with Crippen molar-refractivity contribution in [3.8, 4) is 5.75 Å². The van der Waals surface area contributed by atoms with Gasteiger partial charge in [-0.1, -0.05) is 31.2 Å². The number of nitrogens with zero attached hydrogens (tertiary/aromatic N) is 2. The van der Waals surface area contributed by atoms with E-state index >= 15 is 0 Å². The molecule has 2 aromatic heterocycles. The van der Waals surface area contributed by atoms with E-state index in [1.807, 2.05) is 36.4 Å². The number of furan rings is 1. The number of hydrogen-bond acceptors (Lipinski definition) is 6. The lowest BCUT2D eigenvalue weighted by Gasteiger charge is -2.38. The molecule has 1 aliphatic heterocycles. The van der Waals surface area contributed by atoms with Gasteiger partial charge in [0.25, 0.3) is 0 Å². The second-order valence-electron chi connectivity index (χ2n) is 9.17. The maximum atomic E-state index is 13.1. The average molecular weight is 459 g/mol. The Morgan fingerprint density at radius 2 is 1.85 bits per heavy atom. The van der Waals surface area contributed by atoms with Gasteiger partial charge in [0.1, 0.15) is 22.7 Å². The molecule has 1 aliphatic rings. The molecule has 1 saturated heterocycles. The Bertz CT molecular complexity index is 1340. The van der Waals surface area contributed by atoms with Crippen molar-refractivity contribution in [1.82, 2.24) is 9.88 Å². The highest BCUT2D eigenvalue weighted by Crippen LogP contribution is 2.47. The van der Waals surface area contributed by atoms with Crippen LogP contribution in [-0.4, -0.2) is 40.7 Å². The third-order valence-corrected chi connectivity index (χ3v) is 6.99. The molecule has 0 radical (unpaired) electrons. The lowest BCUT2D eigenvalue weighted by atomic mass is 9.87. The monoisotopic (exact) mass is 458 g/mol. The third kappa shape index (κ3) is 3.72. The van der Waals surface area contributed by atoms with Crippen molar-refractivity contribution < 1.29 is 19.1 Å². The summed E-state index contributed by atoms with van der Waals surface area (Å²) in [7, 11) is 0. The molecule has 0 saturated carbocycles. The Labute approximate surface area is 199 Å². The van der Waals surface area contributed by atoms with Gasteiger partial charge in [0.15, 0.2) is 0 Å². The third-order valence-electron chi connectivity index (χ3n) is 6.99. The van der Waals surface area contributed by atoms with E-state index in [4.69, 9.17) is 9.15 Å². The Morgan fingerprint density at radius 1 is 1.18 bits per heavy atom. The van der Waals surface area contributed by atoms with Crippen molar-refractivity contribution >= 4 is 27.7 Å². The number of aryl methyl sites for hydroxylation is 1. The predicted molar refractivity (Wildman–Crippen MR) is 132 cm³/mol. The summed E-state index contributed by atoms with van der Waals surface area (Å²) >= 11 is 0. The zero-order valence-electron chi connectivity index (χ0n) is 19.9. The summed E-state index contributed by atoms with van der Waals surface area (Å²) in [4.78, 5) is 19.7. The first-order valence-corrected chi connectivity index (χ1v) is 12.0. The van der Waals surface area contributed by atoms with Crippen LogP contribution < -0.4 is 0 Å². The number of esters is 1. The van der Waals surface area contributed by atoms with Crippen LogP contribution in [0, 0.1) is 12.8 Å². The minimum absolute atomic E-state index is 0.176. The molecular weight excluding hydrogens is 428 g/mol. The highest BCUT2D eigenvalue weighted by molar-refractivity contribution is 6.16. The minimum Gasteiger partial charge on any atom is -0.507 e. The zero-order chi connectivity index (χ0) is 23.8. The first-order chi connectivity index (χ1) is 16.5. The van der Waals surface area contributed by atoms with E-state index in [1.54, 1.807) is 26.2 Å². The maximum Gasteiger partial charge on any atom is 0.342 e. The number of hydrogen-bond donors (Lipinski definition) is 1. The zero-order valence-corrected chi connectivity index (χ0v) is 19.9. The van der Waals surface area contributed by atoms with Crippen molar-refractivity contribution in [2.24, 2.45) is 5.92 Å². The lowest BCUT2D eigenvalue weighted by molar-refractivity contribution is 0.0526. The number of ether oxygens (including phenoxy) is 1. The summed E-state index contributed by atoms with van der Waals surface area (Å²) in [5, 5.41) is 13.9. The second-order valence-corrected chi connectivity index (χ2v) is 9.17. The second kappa shape index (κ2) is 9.11. The summed E-state index contributed by atoms with van der Waals surface area (Å²) < 4.78 is 11.6. The predicted octanol–water partition coefficient (Wildman–Crippen LogP) is 5.99. The van der Waals surface area contributed by atoms with E-state index < -0.39 is 5.97 Å². The van der Waals surface area contributed by atoms with Crippen molar-refractivity contribution in [3.63, 3.8) is 0 Å². The number of carbonyl (C=O) groups is 1. The molecule has 0 spiro atoms. The Kier molecular flexibility index (Phi) is 6.00. The van der Waals surface area contributed by atoms with E-state index in [-0.39, 0.29) is 18.4 Å². The number of fused-ring (bicyclic) bond motifs is 3. The molecule has 6 nitrogen and oxygen atoms in total. The fourth-order valence-electron chi connectivity index (χ4n) is 5.25. The Balaban J connectivity index is 1.87. The number of carbonyl (C=O) groups excluding carboxylic acids is 1. The Morgan fingerprint density at radius 3 is 2.53 bits per heavy atom. The van der Waals surface area contributed by atoms with Gasteiger partial charge in [-0.25, -0.2) is 4.79 Å². The van der Waals surface area contributed by atoms with Gasteiger partial charge >= 0.3 is 5.97 Å². The van der Waals surface area contributed by atoms with Crippen molar-refractivity contribution in [2.45, 2.75) is 39.7 Å². The van der Waals surface area contributed by atoms with Crippen LogP contribution in [0.4, 0.5) is 0 Å². The summed E-state index contributed by atoms with van der Waals surface area (Å²) in [5.74, 6) is 0.891. The van der Waals surface area contributed by atoms with Crippen LogP contribution in [0.15, 0.2) is 53.2 Å². The largest absolute Gasteiger partial charge is 0.507 e. The highest BCUT2D eigenvalue weighted by atomic mass is 16.5. The number of piperidine rings is 1. The molecule has 1 atom stereocenters. The molecule has 1 N–H and O–H groups in total. The first kappa shape index (κ1) is 22.4. The van der Waals surface area contributed by atoms with Crippen LogP contribution in [0.3, 0.4) is 0 Å². The molecule has 0 aliphatic carbocycles. The molecule has 1 fully saturated rings. The highest BCUT2D eigenvalue weighted by Gasteiger charge is 2.34. The SMILES string of the molecule is CCOC(=O)c1c(C)oc2c1c(C(c1ccncc1)N1CCC(C)CC1)c(O)c1ccccc12. The molecule has 34 heavy (non-hydrogen) atoms. The maximum absolute atomic E-state index is 13.1. The number of benzene rings is 2. The number of phenolic OH excluding ortho intramolecular Hbond substituents is 1. The molecule has 6 heteroatoms. The standard InChI is InChI=1S/C28H30N2O4/c1-4-33-28(32)22-18(3)34-27-21-8-6-5-7-20(21)26(31)24(23(22)27)25(19-9-13-29-14-10-19)30-15-11-17(2)12-16-30/h5-10,13-14,17,25,31H,4,11-12,15-16H2,1-3H3. The molecule has 0 bridgehead atoms. The van der Waals surface area contributed by atoms with E-state index in [0.717, 1.165) is 36.9 Å². The number of likely N-dealkylation sites (tertiary alicyclic amines) is 1. The van der Waals surface area contributed by atoms with Gasteiger partial charge in [-0.15, -0.1) is 0 Å². The fourth-order valence-corrected chi connectivity index (χ4v) is 5.25. The van der Waals surface area contributed by atoms with Gasteiger partial charge < -0.3 is 14.3 Å². The van der Waals surface area contributed by atoms with Crippen LogP contribution in [0.2, 0.25) is 0 Å². The van der Waals surface area contributed by atoms with E-state index in [1.165, 1.54) is 0 Å². The average Bonchev–Trinajstić information content (AvgIpc) is 3.20. The molecule has 3 heterocycles. The number of aromatic hydroxyl groups is 1. The Hall–Kier alpha value is -3.38. The molecule has 176 valence electrons. The lowest BCUT2D eigenvalue weighted by Crippen LogP contribution is -2.37. The topological polar surface area (TPSA) is 75.8 Å².